The number of hydrogen-bond donors (Lipinski definition) is 2. The summed E-state index contributed by atoms with van der Waals surface area (Å²) in [5.41, 5.74) is 9.71. The lowest BCUT2D eigenvalue weighted by Crippen LogP contribution is -2.41. The van der Waals surface area contributed by atoms with Crippen LogP contribution in [-0.4, -0.2) is 39.4 Å². The largest absolute Gasteiger partial charge is 0.350 e. The molecule has 2 aromatic heterocycles. The summed E-state index contributed by atoms with van der Waals surface area (Å²) in [7, 11) is 3.79. The number of carbonyl (C=O) groups is 2. The number of rotatable bonds is 4. The fourth-order valence-electron chi connectivity index (χ4n) is 3.61. The zero-order valence-electron chi connectivity index (χ0n) is 16.4. The number of pyridine rings is 1. The van der Waals surface area contributed by atoms with Gasteiger partial charge in [0.25, 0.3) is 0 Å². The molecule has 0 saturated heterocycles. The minimum absolute atomic E-state index is 0.0966. The number of hydrogen-bond acceptors (Lipinski definition) is 4. The molecular formula is C22H23N5O2. The van der Waals surface area contributed by atoms with Gasteiger partial charge in [0.05, 0.1) is 6.04 Å². The van der Waals surface area contributed by atoms with Crippen molar-refractivity contribution in [2.75, 3.05) is 12.4 Å². The number of amides is 2. The highest BCUT2D eigenvalue weighted by Gasteiger charge is 2.23. The van der Waals surface area contributed by atoms with E-state index in [9.17, 15) is 9.59 Å². The van der Waals surface area contributed by atoms with E-state index < -0.39 is 6.04 Å². The van der Waals surface area contributed by atoms with Gasteiger partial charge in [0.2, 0.25) is 11.8 Å². The summed E-state index contributed by atoms with van der Waals surface area (Å²) >= 11 is 0. The monoisotopic (exact) mass is 389 g/mol. The predicted octanol–water partition coefficient (Wildman–Crippen LogP) is 2.07. The van der Waals surface area contributed by atoms with E-state index in [-0.39, 0.29) is 11.8 Å². The molecule has 0 aliphatic carbocycles. The molecule has 3 aromatic rings. The molecule has 0 radical (unpaired) electrons. The van der Waals surface area contributed by atoms with Gasteiger partial charge in [-0.05, 0) is 34.9 Å². The molecule has 148 valence electrons. The van der Waals surface area contributed by atoms with E-state index in [1.807, 2.05) is 25.2 Å². The molecule has 3 N–H and O–H groups in total. The fourth-order valence-corrected chi connectivity index (χ4v) is 3.61. The van der Waals surface area contributed by atoms with Crippen LogP contribution in [-0.2, 0) is 29.6 Å². The van der Waals surface area contributed by atoms with Crippen LogP contribution in [0.1, 0.15) is 16.7 Å². The predicted molar refractivity (Wildman–Crippen MR) is 113 cm³/mol. The summed E-state index contributed by atoms with van der Waals surface area (Å²) in [6.07, 6.45) is 7.39. The third kappa shape index (κ3) is 3.77. The van der Waals surface area contributed by atoms with Crippen molar-refractivity contribution in [2.45, 2.75) is 19.0 Å². The lowest BCUT2D eigenvalue weighted by atomic mass is 10.0. The van der Waals surface area contributed by atoms with Crippen LogP contribution in [0.3, 0.4) is 0 Å². The Balaban J connectivity index is 1.47. The van der Waals surface area contributed by atoms with Gasteiger partial charge in [-0.25, -0.2) is 4.98 Å². The van der Waals surface area contributed by atoms with Gasteiger partial charge in [-0.3, -0.25) is 9.59 Å². The van der Waals surface area contributed by atoms with Crippen LogP contribution in [0.15, 0.2) is 48.8 Å². The number of nitrogens with one attached hydrogen (secondary N) is 1. The molecule has 29 heavy (non-hydrogen) atoms. The van der Waals surface area contributed by atoms with Gasteiger partial charge in [-0.2, -0.15) is 0 Å². The van der Waals surface area contributed by atoms with Crippen LogP contribution in [0, 0.1) is 0 Å². The average molecular weight is 389 g/mol. The summed E-state index contributed by atoms with van der Waals surface area (Å²) in [6, 6.07) is 9.48. The Bertz CT molecular complexity index is 1130. The molecule has 1 aromatic carbocycles. The maximum absolute atomic E-state index is 12.6. The second kappa shape index (κ2) is 7.52. The van der Waals surface area contributed by atoms with Gasteiger partial charge < -0.3 is 20.5 Å². The van der Waals surface area contributed by atoms with Crippen molar-refractivity contribution in [3.8, 4) is 0 Å². The number of aromatic nitrogens is 2. The number of nitrogens with two attached hydrogens (primary N) is 1. The van der Waals surface area contributed by atoms with Crippen LogP contribution in [0.4, 0.5) is 5.82 Å². The second-order valence-corrected chi connectivity index (χ2v) is 7.39. The minimum atomic E-state index is -0.572. The molecule has 4 rings (SSSR count). The lowest BCUT2D eigenvalue weighted by molar-refractivity contribution is -0.125. The van der Waals surface area contributed by atoms with Gasteiger partial charge in [0.15, 0.2) is 0 Å². The first-order chi connectivity index (χ1) is 13.9. The third-order valence-corrected chi connectivity index (χ3v) is 5.19. The van der Waals surface area contributed by atoms with Gasteiger partial charge in [0, 0.05) is 56.4 Å². The van der Waals surface area contributed by atoms with E-state index in [0.717, 1.165) is 27.6 Å². The second-order valence-electron chi connectivity index (χ2n) is 7.39. The highest BCUT2D eigenvalue weighted by atomic mass is 16.2. The Hall–Kier alpha value is -3.45. The highest BCUT2D eigenvalue weighted by molar-refractivity contribution is 5.97. The topological polar surface area (TPSA) is 93.2 Å². The van der Waals surface area contributed by atoms with E-state index in [0.29, 0.717) is 18.8 Å². The van der Waals surface area contributed by atoms with E-state index in [1.165, 1.54) is 6.08 Å². The number of fused-ring (bicyclic) bond motifs is 2. The Morgan fingerprint density at radius 2 is 2.21 bits per heavy atom. The molecule has 1 aliphatic rings. The van der Waals surface area contributed by atoms with Crippen molar-refractivity contribution in [3.63, 3.8) is 0 Å². The Kier molecular flexibility index (Phi) is 4.90. The summed E-state index contributed by atoms with van der Waals surface area (Å²) in [5, 5.41) is 3.84. The van der Waals surface area contributed by atoms with Crippen molar-refractivity contribution in [1.82, 2.24) is 14.5 Å². The lowest BCUT2D eigenvalue weighted by Gasteiger charge is -2.20. The smallest absolute Gasteiger partial charge is 0.246 e. The molecule has 1 unspecified atom stereocenters. The van der Waals surface area contributed by atoms with Crippen LogP contribution >= 0.6 is 0 Å². The molecule has 2 amide bonds. The molecule has 1 aliphatic heterocycles. The Morgan fingerprint density at radius 3 is 3.03 bits per heavy atom. The summed E-state index contributed by atoms with van der Waals surface area (Å²) in [6.45, 7) is 0.522. The Labute approximate surface area is 168 Å². The van der Waals surface area contributed by atoms with E-state index >= 15 is 0 Å². The van der Waals surface area contributed by atoms with Gasteiger partial charge in [0.1, 0.15) is 5.82 Å². The molecule has 0 fully saturated rings. The van der Waals surface area contributed by atoms with Crippen molar-refractivity contribution < 1.29 is 9.59 Å². The number of para-hydroxylation sites is 1. The van der Waals surface area contributed by atoms with E-state index in [1.54, 1.807) is 24.2 Å². The van der Waals surface area contributed by atoms with Crippen molar-refractivity contribution >= 4 is 34.6 Å². The van der Waals surface area contributed by atoms with Crippen LogP contribution in [0.2, 0.25) is 0 Å². The summed E-state index contributed by atoms with van der Waals surface area (Å²) < 4.78 is 2.07. The van der Waals surface area contributed by atoms with E-state index in [4.69, 9.17) is 5.73 Å². The summed E-state index contributed by atoms with van der Waals surface area (Å²) in [5.74, 6) is 0.215. The SMILES string of the molecule is CN(Cc1cn(C)c2ccccc12)C(=O)C=Cc1cnc2c(c1)CC(N)C(=O)N2. The number of nitrogens with zero attached hydrogens (tertiary/aromatic N) is 3. The molecule has 3 heterocycles. The Morgan fingerprint density at radius 1 is 1.41 bits per heavy atom. The summed E-state index contributed by atoms with van der Waals surface area (Å²) in [4.78, 5) is 30.2. The maximum atomic E-state index is 12.6. The van der Waals surface area contributed by atoms with Crippen molar-refractivity contribution in [1.29, 1.82) is 0 Å². The zero-order chi connectivity index (χ0) is 20.5. The molecule has 7 heteroatoms. The van der Waals surface area contributed by atoms with Crippen LogP contribution in [0.5, 0.6) is 0 Å². The zero-order valence-corrected chi connectivity index (χ0v) is 16.4. The number of aryl methyl sites for hydroxylation is 1. The first kappa shape index (κ1) is 18.9. The third-order valence-electron chi connectivity index (χ3n) is 5.19. The van der Waals surface area contributed by atoms with Crippen LogP contribution in [0.25, 0.3) is 17.0 Å². The van der Waals surface area contributed by atoms with Crippen molar-refractivity contribution in [2.24, 2.45) is 12.8 Å². The van der Waals surface area contributed by atoms with E-state index in [2.05, 4.69) is 33.2 Å². The maximum Gasteiger partial charge on any atom is 0.246 e. The molecular weight excluding hydrogens is 366 g/mol. The molecule has 1 atom stereocenters. The van der Waals surface area contributed by atoms with Crippen molar-refractivity contribution in [3.05, 3.63) is 65.5 Å². The van der Waals surface area contributed by atoms with Gasteiger partial charge in [-0.1, -0.05) is 18.2 Å². The fraction of sp³-hybridized carbons (Fsp3) is 0.227. The molecule has 0 spiro atoms. The first-order valence-corrected chi connectivity index (χ1v) is 9.44. The standard InChI is InChI=1S/C22H23N5O2/c1-26-12-16(17-5-3-4-6-19(17)26)13-27(2)20(28)8-7-14-9-15-10-18(23)22(29)25-21(15)24-11-14/h3-9,11-12,18H,10,13,23H2,1-2H3,(H,24,25,29). The number of anilines is 1. The van der Waals surface area contributed by atoms with Gasteiger partial charge in [-0.15, -0.1) is 0 Å². The molecule has 0 saturated carbocycles. The van der Waals surface area contributed by atoms with Gasteiger partial charge >= 0.3 is 0 Å². The number of carbonyl (C=O) groups excluding carboxylic acids is 2. The normalized spacial score (nSPS) is 16.1. The average Bonchev–Trinajstić information content (AvgIpc) is 3.02. The highest BCUT2D eigenvalue weighted by Crippen LogP contribution is 2.22. The molecule has 7 nitrogen and oxygen atoms in total. The van der Waals surface area contributed by atoms with Crippen LogP contribution < -0.4 is 11.1 Å². The minimum Gasteiger partial charge on any atom is -0.350 e. The number of benzene rings is 1. The first-order valence-electron chi connectivity index (χ1n) is 9.44. The quantitative estimate of drug-likeness (QED) is 0.668. The molecule has 0 bridgehead atoms. The number of likely N-dealkylation sites (N-methyl/N-ethyl adjacent to an activating group) is 1.